The number of hydrogen-bond donors (Lipinski definition) is 2. The average Bonchev–Trinajstić information content (AvgIpc) is 2.35. The van der Waals surface area contributed by atoms with Crippen molar-refractivity contribution in [3.8, 4) is 0 Å². The Morgan fingerprint density at radius 1 is 1.37 bits per heavy atom. The molecule has 0 heterocycles. The first-order valence-corrected chi connectivity index (χ1v) is 7.28. The number of benzene rings is 1. The molecule has 0 aliphatic carbocycles. The first kappa shape index (κ1) is 16.0. The normalized spacial score (nSPS) is 10.1. The molecule has 2 amide bonds. The van der Waals surface area contributed by atoms with E-state index in [0.717, 1.165) is 4.47 Å². The standard InChI is InChI=1S/C13H17BrN2O2S/c1-3-15-12(17)8-16(4-2)13(18)10-6-5-9(14)7-11(10)19/h5-7,19H,3-4,8H2,1-2H3,(H,15,17). The predicted octanol–water partition coefficient (Wildman–Crippen LogP) is 2.34. The summed E-state index contributed by atoms with van der Waals surface area (Å²) < 4.78 is 0.862. The smallest absolute Gasteiger partial charge is 0.255 e. The van der Waals surface area contributed by atoms with Gasteiger partial charge in [0.25, 0.3) is 5.91 Å². The zero-order valence-electron chi connectivity index (χ0n) is 10.9. The zero-order chi connectivity index (χ0) is 14.4. The summed E-state index contributed by atoms with van der Waals surface area (Å²) in [6.45, 7) is 4.77. The molecule has 1 aromatic carbocycles. The van der Waals surface area contributed by atoms with Crippen LogP contribution in [0.1, 0.15) is 24.2 Å². The Bertz CT molecular complexity index is 480. The van der Waals surface area contributed by atoms with Gasteiger partial charge in [0.05, 0.1) is 12.1 Å². The summed E-state index contributed by atoms with van der Waals surface area (Å²) in [6, 6.07) is 5.25. The molecule has 4 nitrogen and oxygen atoms in total. The van der Waals surface area contributed by atoms with Crippen molar-refractivity contribution < 1.29 is 9.59 Å². The van der Waals surface area contributed by atoms with Crippen molar-refractivity contribution in [1.29, 1.82) is 0 Å². The number of carbonyl (C=O) groups is 2. The minimum atomic E-state index is -0.189. The van der Waals surface area contributed by atoms with Crippen LogP contribution in [0.4, 0.5) is 0 Å². The Morgan fingerprint density at radius 3 is 2.58 bits per heavy atom. The maximum absolute atomic E-state index is 12.3. The lowest BCUT2D eigenvalue weighted by Crippen LogP contribution is -2.40. The molecule has 0 aromatic heterocycles. The highest BCUT2D eigenvalue weighted by atomic mass is 79.9. The lowest BCUT2D eigenvalue weighted by atomic mass is 10.2. The minimum absolute atomic E-state index is 0.0620. The molecule has 0 saturated heterocycles. The van der Waals surface area contributed by atoms with Crippen LogP contribution in [0.15, 0.2) is 27.6 Å². The number of hydrogen-bond acceptors (Lipinski definition) is 3. The number of rotatable bonds is 5. The van der Waals surface area contributed by atoms with E-state index in [-0.39, 0.29) is 18.4 Å². The fourth-order valence-corrected chi connectivity index (χ4v) is 2.46. The number of likely N-dealkylation sites (N-methyl/N-ethyl adjacent to an activating group) is 2. The first-order chi connectivity index (χ1) is 8.99. The molecule has 104 valence electrons. The van der Waals surface area contributed by atoms with Gasteiger partial charge in [-0.05, 0) is 32.0 Å². The maximum Gasteiger partial charge on any atom is 0.255 e. The SMILES string of the molecule is CCNC(=O)CN(CC)C(=O)c1ccc(Br)cc1S. The quantitative estimate of drug-likeness (QED) is 0.805. The highest BCUT2D eigenvalue weighted by Gasteiger charge is 2.18. The van der Waals surface area contributed by atoms with Crippen LogP contribution >= 0.6 is 28.6 Å². The van der Waals surface area contributed by atoms with Gasteiger partial charge in [-0.15, -0.1) is 12.6 Å². The summed E-state index contributed by atoms with van der Waals surface area (Å²) in [5.41, 5.74) is 0.498. The number of halogens is 1. The van der Waals surface area contributed by atoms with Crippen LogP contribution in [0, 0.1) is 0 Å². The third-order valence-electron chi connectivity index (χ3n) is 2.57. The van der Waals surface area contributed by atoms with E-state index in [1.165, 1.54) is 4.90 Å². The van der Waals surface area contributed by atoms with Crippen LogP contribution in [-0.4, -0.2) is 36.3 Å². The van der Waals surface area contributed by atoms with Gasteiger partial charge in [0.2, 0.25) is 5.91 Å². The number of nitrogens with zero attached hydrogens (tertiary/aromatic N) is 1. The lowest BCUT2D eigenvalue weighted by Gasteiger charge is -2.21. The fraction of sp³-hybridized carbons (Fsp3) is 0.385. The Labute approximate surface area is 127 Å². The van der Waals surface area contributed by atoms with Crippen LogP contribution in [0.3, 0.4) is 0 Å². The van der Waals surface area contributed by atoms with Crippen molar-refractivity contribution in [1.82, 2.24) is 10.2 Å². The number of nitrogens with one attached hydrogen (secondary N) is 1. The lowest BCUT2D eigenvalue weighted by molar-refractivity contribution is -0.121. The second-order valence-corrected chi connectivity index (χ2v) is 5.33. The first-order valence-electron chi connectivity index (χ1n) is 6.04. The summed E-state index contributed by atoms with van der Waals surface area (Å²) in [5.74, 6) is -0.346. The number of carbonyl (C=O) groups excluding carboxylic acids is 2. The Kier molecular flexibility index (Phi) is 6.37. The van der Waals surface area contributed by atoms with E-state index >= 15 is 0 Å². The van der Waals surface area contributed by atoms with Crippen LogP contribution in [0.5, 0.6) is 0 Å². The third-order valence-corrected chi connectivity index (χ3v) is 3.43. The molecule has 1 rings (SSSR count). The van der Waals surface area contributed by atoms with E-state index in [0.29, 0.717) is 23.5 Å². The zero-order valence-corrected chi connectivity index (χ0v) is 13.4. The Balaban J connectivity index is 2.86. The Hall–Kier alpha value is -1.01. The summed E-state index contributed by atoms with van der Waals surface area (Å²) in [4.78, 5) is 26.0. The van der Waals surface area contributed by atoms with E-state index in [9.17, 15) is 9.59 Å². The van der Waals surface area contributed by atoms with Crippen LogP contribution < -0.4 is 5.32 Å². The molecule has 0 fully saturated rings. The van der Waals surface area contributed by atoms with Crippen molar-refractivity contribution in [2.24, 2.45) is 0 Å². The largest absolute Gasteiger partial charge is 0.355 e. The van der Waals surface area contributed by atoms with E-state index in [4.69, 9.17) is 0 Å². The highest BCUT2D eigenvalue weighted by molar-refractivity contribution is 9.10. The molecule has 0 aliphatic heterocycles. The molecular formula is C13H17BrN2O2S. The molecule has 0 radical (unpaired) electrons. The molecule has 0 bridgehead atoms. The van der Waals surface area contributed by atoms with E-state index in [1.807, 2.05) is 13.8 Å². The van der Waals surface area contributed by atoms with Crippen LogP contribution in [-0.2, 0) is 4.79 Å². The van der Waals surface area contributed by atoms with Gasteiger partial charge in [0.15, 0.2) is 0 Å². The number of amides is 2. The summed E-state index contributed by atoms with van der Waals surface area (Å²) >= 11 is 7.62. The maximum atomic E-state index is 12.3. The molecule has 0 unspecified atom stereocenters. The van der Waals surface area contributed by atoms with Gasteiger partial charge in [-0.1, -0.05) is 15.9 Å². The minimum Gasteiger partial charge on any atom is -0.355 e. The van der Waals surface area contributed by atoms with Gasteiger partial charge in [-0.25, -0.2) is 0 Å². The molecule has 0 aliphatic rings. The summed E-state index contributed by atoms with van der Waals surface area (Å²) in [7, 11) is 0. The second kappa shape index (κ2) is 7.55. The van der Waals surface area contributed by atoms with Gasteiger partial charge >= 0.3 is 0 Å². The fourth-order valence-electron chi connectivity index (χ4n) is 1.61. The van der Waals surface area contributed by atoms with E-state index in [2.05, 4.69) is 33.9 Å². The van der Waals surface area contributed by atoms with Gasteiger partial charge < -0.3 is 10.2 Å². The van der Waals surface area contributed by atoms with Gasteiger partial charge in [0, 0.05) is 22.5 Å². The van der Waals surface area contributed by atoms with Crippen molar-refractivity contribution in [3.05, 3.63) is 28.2 Å². The average molecular weight is 345 g/mol. The molecule has 1 aromatic rings. The second-order valence-electron chi connectivity index (χ2n) is 3.93. The molecule has 19 heavy (non-hydrogen) atoms. The molecule has 0 atom stereocenters. The van der Waals surface area contributed by atoms with Crippen molar-refractivity contribution in [3.63, 3.8) is 0 Å². The monoisotopic (exact) mass is 344 g/mol. The summed E-state index contributed by atoms with van der Waals surface area (Å²) in [6.07, 6.45) is 0. The molecule has 0 spiro atoms. The van der Waals surface area contributed by atoms with Crippen LogP contribution in [0.2, 0.25) is 0 Å². The van der Waals surface area contributed by atoms with Gasteiger partial charge in [-0.2, -0.15) is 0 Å². The topological polar surface area (TPSA) is 49.4 Å². The Morgan fingerprint density at radius 2 is 2.05 bits per heavy atom. The predicted molar refractivity (Wildman–Crippen MR) is 81.7 cm³/mol. The van der Waals surface area contributed by atoms with Crippen LogP contribution in [0.25, 0.3) is 0 Å². The summed E-state index contributed by atoms with van der Waals surface area (Å²) in [5, 5.41) is 2.68. The van der Waals surface area contributed by atoms with Crippen molar-refractivity contribution >= 4 is 40.4 Å². The van der Waals surface area contributed by atoms with E-state index in [1.54, 1.807) is 18.2 Å². The van der Waals surface area contributed by atoms with Gasteiger partial charge in [0.1, 0.15) is 0 Å². The highest BCUT2D eigenvalue weighted by Crippen LogP contribution is 2.21. The number of thiol groups is 1. The molecule has 0 saturated carbocycles. The molecule has 6 heteroatoms. The third kappa shape index (κ3) is 4.54. The van der Waals surface area contributed by atoms with Gasteiger partial charge in [-0.3, -0.25) is 9.59 Å². The molecule has 1 N–H and O–H groups in total. The van der Waals surface area contributed by atoms with E-state index < -0.39 is 0 Å². The van der Waals surface area contributed by atoms with Crippen molar-refractivity contribution in [2.45, 2.75) is 18.7 Å². The van der Waals surface area contributed by atoms with Crippen molar-refractivity contribution in [2.75, 3.05) is 19.6 Å². The molecular weight excluding hydrogens is 328 g/mol.